The molecule has 0 bridgehead atoms. The number of Topliss-reactive ketones (excluding diaryl/α,β-unsaturated/α-hetero) is 1. The van der Waals surface area contributed by atoms with Crippen molar-refractivity contribution in [2.24, 2.45) is 40.4 Å². The lowest BCUT2D eigenvalue weighted by Crippen LogP contribution is -2.56. The second kappa shape index (κ2) is 12.1. The van der Waals surface area contributed by atoms with Gasteiger partial charge in [-0.2, -0.15) is 0 Å². The molecule has 5 rings (SSSR count). The summed E-state index contributed by atoms with van der Waals surface area (Å²) in [4.78, 5) is 50.4. The van der Waals surface area contributed by atoms with Crippen LogP contribution >= 0.6 is 0 Å². The average Bonchev–Trinajstić information content (AvgIpc) is 3.33. The summed E-state index contributed by atoms with van der Waals surface area (Å²) in [6, 6.07) is 9.24. The van der Waals surface area contributed by atoms with E-state index in [4.69, 9.17) is 14.2 Å². The predicted molar refractivity (Wildman–Crippen MR) is 165 cm³/mol. The van der Waals surface area contributed by atoms with E-state index < -0.39 is 35.8 Å². The highest BCUT2D eigenvalue weighted by atomic mass is 16.6. The first-order valence-electron chi connectivity index (χ1n) is 16.6. The minimum absolute atomic E-state index is 0.0739. The van der Waals surface area contributed by atoms with Crippen molar-refractivity contribution >= 4 is 23.8 Å². The molecule has 8 nitrogen and oxygen atoms in total. The number of fused-ring (bicyclic) bond motifs is 5. The van der Waals surface area contributed by atoms with Crippen LogP contribution in [0.2, 0.25) is 0 Å². The molecule has 4 aliphatic carbocycles. The Morgan fingerprint density at radius 1 is 0.864 bits per heavy atom. The van der Waals surface area contributed by atoms with Gasteiger partial charge in [-0.05, 0) is 126 Å². The molecule has 0 saturated heterocycles. The maximum absolute atomic E-state index is 12.9. The lowest BCUT2D eigenvalue weighted by atomic mass is 9.44. The number of ether oxygens (including phenoxy) is 3. The number of alkyl carbamates (subject to hydrolysis) is 1. The Balaban J connectivity index is 1.11. The molecule has 0 aliphatic heterocycles. The highest BCUT2D eigenvalue weighted by molar-refractivity contribution is 5.86. The van der Waals surface area contributed by atoms with Crippen LogP contribution in [-0.4, -0.2) is 41.6 Å². The molecule has 44 heavy (non-hydrogen) atoms. The molecule has 4 fully saturated rings. The molecule has 8 atom stereocenters. The highest BCUT2D eigenvalue weighted by Crippen LogP contribution is 2.68. The maximum atomic E-state index is 12.9. The molecule has 1 amide bonds. The molecule has 0 unspecified atom stereocenters. The number of amides is 1. The largest absolute Gasteiger partial charge is 0.457 e. The van der Waals surface area contributed by atoms with Crippen LogP contribution in [0.3, 0.4) is 0 Å². The number of rotatable bonds is 8. The number of hydrogen-bond acceptors (Lipinski definition) is 7. The summed E-state index contributed by atoms with van der Waals surface area (Å²) < 4.78 is 16.5. The first kappa shape index (κ1) is 32.5. The maximum Gasteiger partial charge on any atom is 0.408 e. The van der Waals surface area contributed by atoms with Crippen molar-refractivity contribution in [1.29, 1.82) is 0 Å². The van der Waals surface area contributed by atoms with Crippen molar-refractivity contribution in [3.05, 3.63) is 35.9 Å². The standard InChI is InChI=1S/C36H51NO7/c1-23(38)27-14-15-28-26-13-12-25-20-34(4,18-19-35(25,5)29(26)16-17-36(27,28)6)44-30(39)22-42-31(40)33(2,3)37-32(41)43-21-24-10-8-7-9-11-24/h7-11,25-29H,12-22H2,1-6H3,(H,37,41)/t25-,26-,27+,28-,29-,34+,35-,36+/m0/s1. The van der Waals surface area contributed by atoms with Gasteiger partial charge >= 0.3 is 18.0 Å². The number of hydrogen-bond donors (Lipinski definition) is 1. The number of carbonyl (C=O) groups is 4. The molecule has 1 aromatic carbocycles. The fraction of sp³-hybridized carbons (Fsp3) is 0.722. The molecular formula is C36H51NO7. The Morgan fingerprint density at radius 2 is 1.57 bits per heavy atom. The molecule has 8 heteroatoms. The van der Waals surface area contributed by atoms with Gasteiger partial charge in [0.2, 0.25) is 0 Å². The summed E-state index contributed by atoms with van der Waals surface area (Å²) in [5.41, 5.74) is -0.802. The second-order valence-corrected chi connectivity index (χ2v) is 15.5. The van der Waals surface area contributed by atoms with Crippen molar-refractivity contribution < 1.29 is 33.4 Å². The van der Waals surface area contributed by atoms with Gasteiger partial charge in [-0.3, -0.25) is 4.79 Å². The van der Waals surface area contributed by atoms with Crippen LogP contribution in [0.5, 0.6) is 0 Å². The molecule has 4 aliphatic rings. The smallest absolute Gasteiger partial charge is 0.408 e. The number of benzene rings is 1. The number of carbonyl (C=O) groups excluding carboxylic acids is 4. The normalized spacial score (nSPS) is 36.2. The topological polar surface area (TPSA) is 108 Å². The number of nitrogens with one attached hydrogen (secondary N) is 1. The summed E-state index contributed by atoms with van der Waals surface area (Å²) in [5.74, 6) is 1.71. The monoisotopic (exact) mass is 609 g/mol. The van der Waals surface area contributed by atoms with Crippen molar-refractivity contribution in [1.82, 2.24) is 5.32 Å². The molecule has 1 aromatic rings. The van der Waals surface area contributed by atoms with E-state index in [2.05, 4.69) is 19.2 Å². The lowest BCUT2D eigenvalue weighted by Gasteiger charge is -2.62. The SMILES string of the molecule is CC(=O)[C@H]1CC[C@H]2[C@@H]3CC[C@H]4C[C@](C)(OC(=O)COC(=O)C(C)(C)NC(=O)OCc5ccccc5)CC[C@]4(C)[C@H]3CC[C@]12C. The molecule has 4 saturated carbocycles. The third kappa shape index (κ3) is 6.28. The Kier molecular flexibility index (Phi) is 8.96. The Bertz CT molecular complexity index is 1260. The van der Waals surface area contributed by atoms with Crippen LogP contribution < -0.4 is 5.32 Å². The third-order valence-corrected chi connectivity index (χ3v) is 12.2. The number of ketones is 1. The van der Waals surface area contributed by atoms with E-state index >= 15 is 0 Å². The van der Waals surface area contributed by atoms with Crippen LogP contribution in [0.4, 0.5) is 4.79 Å². The molecule has 0 aromatic heterocycles. The van der Waals surface area contributed by atoms with Gasteiger partial charge in [-0.1, -0.05) is 44.2 Å². The van der Waals surface area contributed by atoms with E-state index in [0.717, 1.165) is 44.1 Å². The fourth-order valence-corrected chi connectivity index (χ4v) is 9.85. The molecule has 0 heterocycles. The van der Waals surface area contributed by atoms with Gasteiger partial charge in [0, 0.05) is 5.92 Å². The van der Waals surface area contributed by atoms with E-state index in [0.29, 0.717) is 29.5 Å². The van der Waals surface area contributed by atoms with Crippen molar-refractivity contribution in [3.63, 3.8) is 0 Å². The Labute approximate surface area is 262 Å². The molecule has 0 spiro atoms. The third-order valence-electron chi connectivity index (χ3n) is 12.2. The second-order valence-electron chi connectivity index (χ2n) is 15.5. The summed E-state index contributed by atoms with van der Waals surface area (Å²) in [7, 11) is 0. The molecule has 242 valence electrons. The van der Waals surface area contributed by atoms with Crippen LogP contribution in [0, 0.1) is 40.4 Å². The minimum Gasteiger partial charge on any atom is -0.457 e. The van der Waals surface area contributed by atoms with Crippen molar-refractivity contribution in [2.45, 2.75) is 117 Å². The first-order chi connectivity index (χ1) is 20.7. The molecule has 0 radical (unpaired) electrons. The van der Waals surface area contributed by atoms with Crippen LogP contribution in [0.25, 0.3) is 0 Å². The van der Waals surface area contributed by atoms with Gasteiger partial charge in [-0.15, -0.1) is 0 Å². The zero-order valence-electron chi connectivity index (χ0n) is 27.4. The van der Waals surface area contributed by atoms with E-state index in [1.807, 2.05) is 37.3 Å². The van der Waals surface area contributed by atoms with Gasteiger partial charge < -0.3 is 19.5 Å². The van der Waals surface area contributed by atoms with E-state index in [9.17, 15) is 19.2 Å². The fourth-order valence-electron chi connectivity index (χ4n) is 9.85. The van der Waals surface area contributed by atoms with Gasteiger partial charge in [0.25, 0.3) is 0 Å². The average molecular weight is 610 g/mol. The van der Waals surface area contributed by atoms with Crippen LogP contribution in [0.15, 0.2) is 30.3 Å². The van der Waals surface area contributed by atoms with Gasteiger partial charge in [0.1, 0.15) is 23.5 Å². The van der Waals surface area contributed by atoms with Crippen LogP contribution in [-0.2, 0) is 35.2 Å². The van der Waals surface area contributed by atoms with E-state index in [-0.39, 0.29) is 23.4 Å². The summed E-state index contributed by atoms with van der Waals surface area (Å²) >= 11 is 0. The van der Waals surface area contributed by atoms with Crippen LogP contribution in [0.1, 0.15) is 105 Å². The predicted octanol–water partition coefficient (Wildman–Crippen LogP) is 6.78. The number of esters is 2. The van der Waals surface area contributed by atoms with Gasteiger partial charge in [-0.25, -0.2) is 14.4 Å². The minimum atomic E-state index is -1.39. The zero-order valence-corrected chi connectivity index (χ0v) is 27.4. The molecule has 1 N–H and O–H groups in total. The van der Waals surface area contributed by atoms with Gasteiger partial charge in [0.05, 0.1) is 0 Å². The molecular weight excluding hydrogens is 558 g/mol. The van der Waals surface area contributed by atoms with Gasteiger partial charge in [0.15, 0.2) is 6.61 Å². The summed E-state index contributed by atoms with van der Waals surface area (Å²) in [6.45, 7) is 11.2. The summed E-state index contributed by atoms with van der Waals surface area (Å²) in [6.07, 6.45) is 8.70. The van der Waals surface area contributed by atoms with Crippen molar-refractivity contribution in [2.75, 3.05) is 6.61 Å². The summed E-state index contributed by atoms with van der Waals surface area (Å²) in [5, 5.41) is 2.52. The Hall–Kier alpha value is -2.90. The zero-order chi connectivity index (χ0) is 31.9. The quantitative estimate of drug-likeness (QED) is 0.256. The highest BCUT2D eigenvalue weighted by Gasteiger charge is 2.61. The van der Waals surface area contributed by atoms with Crippen molar-refractivity contribution in [3.8, 4) is 0 Å². The van der Waals surface area contributed by atoms with E-state index in [1.54, 1.807) is 6.92 Å². The lowest BCUT2D eigenvalue weighted by molar-refractivity contribution is -0.187. The Morgan fingerprint density at radius 3 is 2.27 bits per heavy atom. The van der Waals surface area contributed by atoms with E-state index in [1.165, 1.54) is 33.1 Å². The first-order valence-corrected chi connectivity index (χ1v) is 16.6.